The van der Waals surface area contributed by atoms with Crippen molar-refractivity contribution in [1.82, 2.24) is 5.32 Å². The number of hydrogen-bond acceptors (Lipinski definition) is 4. The molecular formula is C9H20ClNO3. The maximum atomic E-state index is 11.1. The summed E-state index contributed by atoms with van der Waals surface area (Å²) >= 11 is 0. The van der Waals surface area contributed by atoms with Gasteiger partial charge in [0.05, 0.1) is 6.61 Å². The van der Waals surface area contributed by atoms with Crippen molar-refractivity contribution in [3.05, 3.63) is 0 Å². The summed E-state index contributed by atoms with van der Waals surface area (Å²) in [6.45, 7) is 6.78. The van der Waals surface area contributed by atoms with E-state index in [2.05, 4.69) is 5.32 Å². The Morgan fingerprint density at radius 1 is 1.36 bits per heavy atom. The Labute approximate surface area is 91.8 Å². The molecule has 0 heterocycles. The van der Waals surface area contributed by atoms with Crippen molar-refractivity contribution in [2.75, 3.05) is 26.8 Å². The van der Waals surface area contributed by atoms with Crippen LogP contribution >= 0.6 is 12.4 Å². The lowest BCUT2D eigenvalue weighted by Gasteiger charge is -2.19. The molecule has 1 N–H and O–H groups in total. The highest BCUT2D eigenvalue weighted by Crippen LogP contribution is 2.06. The van der Waals surface area contributed by atoms with Crippen molar-refractivity contribution >= 4 is 18.4 Å². The van der Waals surface area contributed by atoms with E-state index < -0.39 is 5.60 Å². The van der Waals surface area contributed by atoms with Gasteiger partial charge in [0.1, 0.15) is 12.2 Å². The highest BCUT2D eigenvalue weighted by Gasteiger charge is 2.15. The first-order chi connectivity index (χ1) is 5.95. The minimum atomic E-state index is -0.427. The molecule has 86 valence electrons. The van der Waals surface area contributed by atoms with E-state index in [0.29, 0.717) is 6.61 Å². The Kier molecular flexibility index (Phi) is 9.24. The molecular weight excluding hydrogens is 206 g/mol. The molecule has 0 aliphatic carbocycles. The van der Waals surface area contributed by atoms with E-state index in [1.165, 1.54) is 0 Å². The molecule has 0 atom stereocenters. The predicted molar refractivity (Wildman–Crippen MR) is 57.8 cm³/mol. The Morgan fingerprint density at radius 2 is 1.93 bits per heavy atom. The van der Waals surface area contributed by atoms with Gasteiger partial charge < -0.3 is 14.8 Å². The first-order valence-electron chi connectivity index (χ1n) is 4.40. The van der Waals surface area contributed by atoms with Crippen LogP contribution in [0.4, 0.5) is 0 Å². The van der Waals surface area contributed by atoms with Gasteiger partial charge in [-0.15, -0.1) is 12.4 Å². The zero-order valence-electron chi connectivity index (χ0n) is 9.25. The average molecular weight is 226 g/mol. The molecule has 0 aromatic rings. The lowest BCUT2D eigenvalue weighted by molar-refractivity contribution is -0.160. The predicted octanol–water partition coefficient (Wildman–Crippen LogP) is 0.986. The van der Waals surface area contributed by atoms with Crippen molar-refractivity contribution in [3.63, 3.8) is 0 Å². The van der Waals surface area contributed by atoms with E-state index in [4.69, 9.17) is 9.47 Å². The van der Waals surface area contributed by atoms with Gasteiger partial charge >= 0.3 is 5.97 Å². The minimum Gasteiger partial charge on any atom is -0.458 e. The second-order valence-corrected chi connectivity index (χ2v) is 3.74. The molecule has 0 rings (SSSR count). The molecule has 0 radical (unpaired) electrons. The highest BCUT2D eigenvalue weighted by atomic mass is 35.5. The van der Waals surface area contributed by atoms with E-state index in [1.54, 1.807) is 0 Å². The third-order valence-electron chi connectivity index (χ3n) is 1.14. The first kappa shape index (κ1) is 16.1. The van der Waals surface area contributed by atoms with Crippen molar-refractivity contribution in [1.29, 1.82) is 0 Å². The van der Waals surface area contributed by atoms with Crippen molar-refractivity contribution in [2.24, 2.45) is 0 Å². The third-order valence-corrected chi connectivity index (χ3v) is 1.14. The van der Waals surface area contributed by atoms with Crippen LogP contribution in [0.25, 0.3) is 0 Å². The van der Waals surface area contributed by atoms with E-state index in [-0.39, 0.29) is 25.0 Å². The number of carbonyl (C=O) groups excluding carboxylic acids is 1. The molecule has 0 saturated carbocycles. The van der Waals surface area contributed by atoms with Crippen LogP contribution in [0.1, 0.15) is 20.8 Å². The van der Waals surface area contributed by atoms with Crippen LogP contribution in [0.3, 0.4) is 0 Å². The summed E-state index contributed by atoms with van der Waals surface area (Å²) in [5.41, 5.74) is -0.427. The van der Waals surface area contributed by atoms with Crippen LogP contribution in [0.5, 0.6) is 0 Å². The second-order valence-electron chi connectivity index (χ2n) is 3.74. The molecule has 0 aromatic carbocycles. The zero-order chi connectivity index (χ0) is 10.3. The molecule has 0 amide bonds. The fourth-order valence-corrected chi connectivity index (χ4v) is 0.701. The largest absolute Gasteiger partial charge is 0.458 e. The summed E-state index contributed by atoms with van der Waals surface area (Å²) in [4.78, 5) is 11.1. The fourth-order valence-electron chi connectivity index (χ4n) is 0.701. The Bertz CT molecular complexity index is 157. The van der Waals surface area contributed by atoms with E-state index in [0.717, 1.165) is 6.54 Å². The summed E-state index contributed by atoms with van der Waals surface area (Å²) in [6, 6.07) is 0. The summed E-state index contributed by atoms with van der Waals surface area (Å²) < 4.78 is 10.1. The van der Waals surface area contributed by atoms with Crippen molar-refractivity contribution < 1.29 is 14.3 Å². The van der Waals surface area contributed by atoms with Crippen LogP contribution in [-0.2, 0) is 14.3 Å². The molecule has 0 aliphatic heterocycles. The maximum Gasteiger partial charge on any atom is 0.332 e. The van der Waals surface area contributed by atoms with Gasteiger partial charge in [-0.2, -0.15) is 0 Å². The van der Waals surface area contributed by atoms with E-state index in [1.807, 2.05) is 27.8 Å². The van der Waals surface area contributed by atoms with Crippen LogP contribution in [0.15, 0.2) is 0 Å². The summed E-state index contributed by atoms with van der Waals surface area (Å²) in [5.74, 6) is -0.316. The molecule has 5 heteroatoms. The number of halogens is 1. The fraction of sp³-hybridized carbons (Fsp3) is 0.889. The molecule has 0 aromatic heterocycles. The van der Waals surface area contributed by atoms with Gasteiger partial charge in [-0.25, -0.2) is 4.79 Å². The van der Waals surface area contributed by atoms with Gasteiger partial charge in [-0.1, -0.05) is 0 Å². The lowest BCUT2D eigenvalue weighted by atomic mass is 10.2. The van der Waals surface area contributed by atoms with Crippen LogP contribution in [0.2, 0.25) is 0 Å². The van der Waals surface area contributed by atoms with Gasteiger partial charge in [-0.3, -0.25) is 0 Å². The molecule has 14 heavy (non-hydrogen) atoms. The Balaban J connectivity index is 0. The number of hydrogen-bond donors (Lipinski definition) is 1. The second kappa shape index (κ2) is 8.03. The van der Waals surface area contributed by atoms with Crippen molar-refractivity contribution in [3.8, 4) is 0 Å². The lowest BCUT2D eigenvalue weighted by Crippen LogP contribution is -2.27. The number of nitrogens with one attached hydrogen (secondary N) is 1. The molecule has 0 fully saturated rings. The maximum absolute atomic E-state index is 11.1. The first-order valence-corrected chi connectivity index (χ1v) is 4.40. The molecule has 0 spiro atoms. The van der Waals surface area contributed by atoms with Gasteiger partial charge in [-0.05, 0) is 27.8 Å². The number of likely N-dealkylation sites (N-methyl/N-ethyl adjacent to an activating group) is 1. The van der Waals surface area contributed by atoms with Gasteiger partial charge in [0, 0.05) is 6.54 Å². The Morgan fingerprint density at radius 3 is 2.36 bits per heavy atom. The van der Waals surface area contributed by atoms with Crippen LogP contribution in [-0.4, -0.2) is 38.4 Å². The van der Waals surface area contributed by atoms with E-state index >= 15 is 0 Å². The van der Waals surface area contributed by atoms with Gasteiger partial charge in [0.2, 0.25) is 0 Å². The molecule has 4 nitrogen and oxygen atoms in total. The van der Waals surface area contributed by atoms with Gasteiger partial charge in [0.25, 0.3) is 0 Å². The molecule has 0 aliphatic rings. The Hall–Kier alpha value is -0.320. The third kappa shape index (κ3) is 11.7. The number of rotatable bonds is 5. The molecule has 0 unspecified atom stereocenters. The summed E-state index contributed by atoms with van der Waals surface area (Å²) in [5, 5.41) is 2.91. The van der Waals surface area contributed by atoms with Gasteiger partial charge in [0.15, 0.2) is 0 Å². The quantitative estimate of drug-likeness (QED) is 0.560. The monoisotopic (exact) mass is 225 g/mol. The standard InChI is InChI=1S/C9H19NO3.ClH/c1-9(2,3)13-8(11)7-12-6-5-10-4;/h10H,5-7H2,1-4H3;1H. The van der Waals surface area contributed by atoms with Crippen LogP contribution < -0.4 is 5.32 Å². The number of carbonyl (C=O) groups is 1. The minimum absolute atomic E-state index is 0. The van der Waals surface area contributed by atoms with Crippen molar-refractivity contribution in [2.45, 2.75) is 26.4 Å². The van der Waals surface area contributed by atoms with E-state index in [9.17, 15) is 4.79 Å². The summed E-state index contributed by atoms with van der Waals surface area (Å²) in [6.07, 6.45) is 0. The topological polar surface area (TPSA) is 47.6 Å². The zero-order valence-corrected chi connectivity index (χ0v) is 10.1. The smallest absolute Gasteiger partial charge is 0.332 e. The number of ether oxygens (including phenoxy) is 2. The number of esters is 1. The SMILES string of the molecule is CNCCOCC(=O)OC(C)(C)C.Cl. The molecule has 0 bridgehead atoms. The highest BCUT2D eigenvalue weighted by molar-refractivity contribution is 5.85. The average Bonchev–Trinajstić information content (AvgIpc) is 1.94. The normalized spacial score (nSPS) is 10.6. The molecule has 0 saturated heterocycles. The summed E-state index contributed by atoms with van der Waals surface area (Å²) in [7, 11) is 1.83. The van der Waals surface area contributed by atoms with Crippen LogP contribution in [0, 0.1) is 0 Å².